The Morgan fingerprint density at radius 2 is 2.00 bits per heavy atom. The van der Waals surface area contributed by atoms with Crippen molar-refractivity contribution in [2.75, 3.05) is 5.32 Å². The van der Waals surface area contributed by atoms with Crippen LogP contribution >= 0.6 is 15.9 Å². The van der Waals surface area contributed by atoms with Crippen molar-refractivity contribution in [1.29, 1.82) is 0 Å². The molecule has 2 aromatic carbocycles. The van der Waals surface area contributed by atoms with Crippen molar-refractivity contribution in [1.82, 2.24) is 9.78 Å². The summed E-state index contributed by atoms with van der Waals surface area (Å²) in [5.41, 5.74) is 1.25. The molecule has 0 unspecified atom stereocenters. The lowest BCUT2D eigenvalue weighted by Gasteiger charge is -2.10. The summed E-state index contributed by atoms with van der Waals surface area (Å²) in [5, 5.41) is 17.8. The fourth-order valence-electron chi connectivity index (χ4n) is 2.21. The molecule has 120 valence electrons. The Labute approximate surface area is 145 Å². The molecule has 0 fully saturated rings. The SMILES string of the molecule is O=C(Nc1ccc(Br)c([N+](=O)[O-])c1)c1ccccc1-n1cccn1. The third-order valence-corrected chi connectivity index (χ3v) is 3.97. The number of nitrogens with one attached hydrogen (secondary N) is 1. The van der Waals surface area contributed by atoms with E-state index < -0.39 is 4.92 Å². The van der Waals surface area contributed by atoms with Gasteiger partial charge in [-0.15, -0.1) is 0 Å². The van der Waals surface area contributed by atoms with E-state index in [-0.39, 0.29) is 11.6 Å². The molecule has 0 spiro atoms. The first-order valence-corrected chi connectivity index (χ1v) is 7.70. The van der Waals surface area contributed by atoms with E-state index in [1.807, 2.05) is 0 Å². The molecule has 0 atom stereocenters. The van der Waals surface area contributed by atoms with Crippen LogP contribution in [0.5, 0.6) is 0 Å². The number of amides is 1. The van der Waals surface area contributed by atoms with Crippen molar-refractivity contribution in [3.63, 3.8) is 0 Å². The first-order valence-electron chi connectivity index (χ1n) is 6.90. The summed E-state index contributed by atoms with van der Waals surface area (Å²) < 4.78 is 1.93. The normalized spacial score (nSPS) is 10.4. The van der Waals surface area contributed by atoms with Crippen molar-refractivity contribution < 1.29 is 9.72 Å². The van der Waals surface area contributed by atoms with Gasteiger partial charge in [0.25, 0.3) is 11.6 Å². The van der Waals surface area contributed by atoms with E-state index >= 15 is 0 Å². The zero-order valence-electron chi connectivity index (χ0n) is 12.2. The number of anilines is 1. The molecule has 0 saturated carbocycles. The van der Waals surface area contributed by atoms with E-state index in [0.29, 0.717) is 21.4 Å². The molecule has 1 heterocycles. The van der Waals surface area contributed by atoms with Crippen molar-refractivity contribution >= 4 is 33.2 Å². The van der Waals surface area contributed by atoms with Crippen LogP contribution < -0.4 is 5.32 Å². The minimum absolute atomic E-state index is 0.117. The highest BCUT2D eigenvalue weighted by Gasteiger charge is 2.16. The van der Waals surface area contributed by atoms with Gasteiger partial charge in [-0.25, -0.2) is 4.68 Å². The molecule has 3 rings (SSSR count). The second-order valence-electron chi connectivity index (χ2n) is 4.85. The molecule has 0 aliphatic rings. The van der Waals surface area contributed by atoms with Gasteiger partial charge in [-0.1, -0.05) is 12.1 Å². The zero-order chi connectivity index (χ0) is 17.1. The predicted molar refractivity (Wildman–Crippen MR) is 92.3 cm³/mol. The predicted octanol–water partition coefficient (Wildman–Crippen LogP) is 3.80. The van der Waals surface area contributed by atoms with Crippen molar-refractivity contribution in [3.05, 3.63) is 81.1 Å². The van der Waals surface area contributed by atoms with E-state index in [1.54, 1.807) is 53.5 Å². The lowest BCUT2D eigenvalue weighted by atomic mass is 10.1. The molecule has 1 aromatic heterocycles. The van der Waals surface area contributed by atoms with E-state index in [1.165, 1.54) is 12.1 Å². The Morgan fingerprint density at radius 3 is 2.71 bits per heavy atom. The van der Waals surface area contributed by atoms with Gasteiger partial charge < -0.3 is 5.32 Å². The number of nitro benzene ring substituents is 1. The van der Waals surface area contributed by atoms with E-state index in [4.69, 9.17) is 0 Å². The smallest absolute Gasteiger partial charge is 0.285 e. The highest BCUT2D eigenvalue weighted by molar-refractivity contribution is 9.10. The summed E-state index contributed by atoms with van der Waals surface area (Å²) in [6, 6.07) is 13.2. The van der Waals surface area contributed by atoms with Crippen LogP contribution in [0.15, 0.2) is 65.4 Å². The molecule has 8 heteroatoms. The van der Waals surface area contributed by atoms with E-state index in [9.17, 15) is 14.9 Å². The van der Waals surface area contributed by atoms with Crippen LogP contribution in [0.25, 0.3) is 5.69 Å². The quantitative estimate of drug-likeness (QED) is 0.545. The molecule has 24 heavy (non-hydrogen) atoms. The first-order chi connectivity index (χ1) is 11.6. The summed E-state index contributed by atoms with van der Waals surface area (Å²) in [4.78, 5) is 23.0. The average Bonchev–Trinajstić information content (AvgIpc) is 3.10. The number of hydrogen-bond acceptors (Lipinski definition) is 4. The Kier molecular flexibility index (Phi) is 4.39. The summed E-state index contributed by atoms with van der Waals surface area (Å²) in [6.45, 7) is 0. The number of benzene rings is 2. The summed E-state index contributed by atoms with van der Waals surface area (Å²) >= 11 is 3.11. The number of aromatic nitrogens is 2. The van der Waals surface area contributed by atoms with Gasteiger partial charge in [0, 0.05) is 24.1 Å². The average molecular weight is 387 g/mol. The van der Waals surface area contributed by atoms with Gasteiger partial charge in [-0.05, 0) is 46.3 Å². The second-order valence-corrected chi connectivity index (χ2v) is 5.70. The first kappa shape index (κ1) is 15.9. The maximum absolute atomic E-state index is 12.6. The fourth-order valence-corrected chi connectivity index (χ4v) is 2.60. The van der Waals surface area contributed by atoms with Crippen LogP contribution in [0.3, 0.4) is 0 Å². The number of para-hydroxylation sites is 1. The van der Waals surface area contributed by atoms with Crippen LogP contribution in [0.2, 0.25) is 0 Å². The third-order valence-electron chi connectivity index (χ3n) is 3.30. The molecule has 7 nitrogen and oxygen atoms in total. The molecule has 0 bridgehead atoms. The highest BCUT2D eigenvalue weighted by Crippen LogP contribution is 2.28. The molecular formula is C16H11BrN4O3. The monoisotopic (exact) mass is 386 g/mol. The Bertz CT molecular complexity index is 909. The minimum atomic E-state index is -0.516. The van der Waals surface area contributed by atoms with Crippen LogP contribution in [0.1, 0.15) is 10.4 Å². The molecule has 3 aromatic rings. The van der Waals surface area contributed by atoms with Crippen LogP contribution in [-0.2, 0) is 0 Å². The molecular weight excluding hydrogens is 376 g/mol. The summed E-state index contributed by atoms with van der Waals surface area (Å²) in [6.07, 6.45) is 3.35. The number of carbonyl (C=O) groups is 1. The summed E-state index contributed by atoms with van der Waals surface area (Å²) in [5.74, 6) is -0.377. The van der Waals surface area contributed by atoms with Crippen LogP contribution in [0.4, 0.5) is 11.4 Å². The van der Waals surface area contributed by atoms with E-state index in [0.717, 1.165) is 0 Å². The van der Waals surface area contributed by atoms with Crippen molar-refractivity contribution in [2.45, 2.75) is 0 Å². The minimum Gasteiger partial charge on any atom is -0.322 e. The number of carbonyl (C=O) groups excluding carboxylic acids is 1. The van der Waals surface area contributed by atoms with Gasteiger partial charge in [-0.3, -0.25) is 14.9 Å². The van der Waals surface area contributed by atoms with Crippen LogP contribution in [0, 0.1) is 10.1 Å². The number of nitro groups is 1. The largest absolute Gasteiger partial charge is 0.322 e. The Balaban J connectivity index is 1.92. The van der Waals surface area contributed by atoms with Gasteiger partial charge in [0.2, 0.25) is 0 Å². The maximum atomic E-state index is 12.6. The molecule has 0 aliphatic carbocycles. The molecule has 0 saturated heterocycles. The van der Waals surface area contributed by atoms with Gasteiger partial charge in [-0.2, -0.15) is 5.10 Å². The summed E-state index contributed by atoms with van der Waals surface area (Å²) in [7, 11) is 0. The van der Waals surface area contributed by atoms with Gasteiger partial charge in [0.05, 0.1) is 20.6 Å². The molecule has 1 N–H and O–H groups in total. The van der Waals surface area contributed by atoms with Crippen molar-refractivity contribution in [2.24, 2.45) is 0 Å². The van der Waals surface area contributed by atoms with Crippen molar-refractivity contribution in [3.8, 4) is 5.69 Å². The van der Waals surface area contributed by atoms with Gasteiger partial charge in [0.1, 0.15) is 0 Å². The number of halogens is 1. The zero-order valence-corrected chi connectivity index (χ0v) is 13.8. The van der Waals surface area contributed by atoms with E-state index in [2.05, 4.69) is 26.3 Å². The number of nitrogens with zero attached hydrogens (tertiary/aromatic N) is 3. The van der Waals surface area contributed by atoms with Gasteiger partial charge in [0.15, 0.2) is 0 Å². The Hall–Kier alpha value is -3.00. The van der Waals surface area contributed by atoms with Gasteiger partial charge >= 0.3 is 0 Å². The lowest BCUT2D eigenvalue weighted by Crippen LogP contribution is -2.15. The number of rotatable bonds is 4. The molecule has 1 amide bonds. The Morgan fingerprint density at radius 1 is 1.21 bits per heavy atom. The standard InChI is InChI=1S/C16H11BrN4O3/c17-13-7-6-11(10-15(13)21(23)24)19-16(22)12-4-1-2-5-14(12)20-9-3-8-18-20/h1-10H,(H,19,22). The topological polar surface area (TPSA) is 90.1 Å². The second kappa shape index (κ2) is 6.63. The molecule has 0 radical (unpaired) electrons. The third kappa shape index (κ3) is 3.18. The van der Waals surface area contributed by atoms with Crippen LogP contribution in [-0.4, -0.2) is 20.6 Å². The molecule has 0 aliphatic heterocycles. The fraction of sp³-hybridized carbons (Fsp3) is 0. The number of hydrogen-bond donors (Lipinski definition) is 1. The lowest BCUT2D eigenvalue weighted by molar-refractivity contribution is -0.385. The maximum Gasteiger partial charge on any atom is 0.285 e. The highest BCUT2D eigenvalue weighted by atomic mass is 79.9.